The van der Waals surface area contributed by atoms with Crippen LogP contribution in [0.4, 0.5) is 0 Å². The van der Waals surface area contributed by atoms with E-state index in [0.717, 1.165) is 29.8 Å². The number of nitrogens with zero attached hydrogens (tertiary/aromatic N) is 2. The minimum atomic E-state index is -0.154. The Balaban J connectivity index is 2.58. The van der Waals surface area contributed by atoms with Gasteiger partial charge in [-0.15, -0.1) is 0 Å². The lowest BCUT2D eigenvalue weighted by Crippen LogP contribution is -2.15. The minimum absolute atomic E-state index is 0.154. The van der Waals surface area contributed by atoms with Crippen LogP contribution in [0.5, 0.6) is 0 Å². The molecule has 106 valence electrons. The number of hydrogen-bond donors (Lipinski definition) is 1. The lowest BCUT2D eigenvalue weighted by Gasteiger charge is -2.10. The second-order valence-corrected chi connectivity index (χ2v) is 5.93. The third kappa shape index (κ3) is 3.15. The molecule has 2 aromatic heterocycles. The summed E-state index contributed by atoms with van der Waals surface area (Å²) >= 11 is 3.32. The molecule has 0 saturated carbocycles. The Bertz CT molecular complexity index is 664. The summed E-state index contributed by atoms with van der Waals surface area (Å²) in [5.41, 5.74) is 2.46. The van der Waals surface area contributed by atoms with E-state index in [-0.39, 0.29) is 5.56 Å². The van der Waals surface area contributed by atoms with Gasteiger partial charge in [0.25, 0.3) is 5.56 Å². The fraction of sp³-hybridized carbons (Fsp3) is 0.400. The van der Waals surface area contributed by atoms with Crippen molar-refractivity contribution in [2.45, 2.75) is 33.6 Å². The Hall–Kier alpha value is -1.49. The van der Waals surface area contributed by atoms with Crippen molar-refractivity contribution >= 4 is 15.9 Å². The molecule has 2 aromatic rings. The van der Waals surface area contributed by atoms with Gasteiger partial charge in [0.1, 0.15) is 10.2 Å². The third-order valence-electron chi connectivity index (χ3n) is 3.03. The Morgan fingerprint density at radius 1 is 1.40 bits per heavy atom. The first-order chi connectivity index (χ1) is 9.52. The summed E-state index contributed by atoms with van der Waals surface area (Å²) in [7, 11) is 0. The van der Waals surface area contributed by atoms with Gasteiger partial charge >= 0.3 is 0 Å². The third-order valence-corrected chi connectivity index (χ3v) is 3.85. The van der Waals surface area contributed by atoms with E-state index >= 15 is 0 Å². The van der Waals surface area contributed by atoms with Crippen LogP contribution in [0.25, 0.3) is 11.5 Å². The zero-order chi connectivity index (χ0) is 14.7. The highest BCUT2D eigenvalue weighted by Gasteiger charge is 2.14. The van der Waals surface area contributed by atoms with Crippen molar-refractivity contribution in [1.82, 2.24) is 15.0 Å². The maximum atomic E-state index is 12.0. The van der Waals surface area contributed by atoms with Gasteiger partial charge in [-0.3, -0.25) is 9.78 Å². The second-order valence-electron chi connectivity index (χ2n) is 5.14. The van der Waals surface area contributed by atoms with E-state index in [1.807, 2.05) is 12.1 Å². The molecule has 0 aliphatic heterocycles. The molecule has 0 atom stereocenters. The monoisotopic (exact) mass is 335 g/mol. The molecule has 0 aromatic carbocycles. The van der Waals surface area contributed by atoms with E-state index in [2.05, 4.69) is 51.7 Å². The van der Waals surface area contributed by atoms with Crippen molar-refractivity contribution in [3.05, 3.63) is 44.4 Å². The summed E-state index contributed by atoms with van der Waals surface area (Å²) < 4.78 is 0.518. The highest BCUT2D eigenvalue weighted by molar-refractivity contribution is 9.10. The Kier molecular flexibility index (Phi) is 4.70. The maximum Gasteiger partial charge on any atom is 0.265 e. The van der Waals surface area contributed by atoms with Crippen molar-refractivity contribution in [2.75, 3.05) is 0 Å². The SMILES string of the molecule is CCc1cccnc1-c1nc(CC(C)C)c(Br)c(=O)[nH]1. The lowest BCUT2D eigenvalue weighted by molar-refractivity contribution is 0.631. The lowest BCUT2D eigenvalue weighted by atomic mass is 10.1. The first kappa shape index (κ1) is 14.9. The molecular formula is C15H18BrN3O. The van der Waals surface area contributed by atoms with Crippen LogP contribution in [0.3, 0.4) is 0 Å². The van der Waals surface area contributed by atoms with E-state index < -0.39 is 0 Å². The number of aryl methyl sites for hydroxylation is 1. The molecule has 0 unspecified atom stereocenters. The number of nitrogens with one attached hydrogen (secondary N) is 1. The van der Waals surface area contributed by atoms with Crippen LogP contribution in [0.15, 0.2) is 27.6 Å². The first-order valence-corrected chi connectivity index (χ1v) is 7.55. The predicted molar refractivity (Wildman–Crippen MR) is 83.7 cm³/mol. The van der Waals surface area contributed by atoms with Gasteiger partial charge in [0, 0.05) is 6.20 Å². The maximum absolute atomic E-state index is 12.0. The molecule has 0 aliphatic carbocycles. The van der Waals surface area contributed by atoms with Crippen LogP contribution in [-0.2, 0) is 12.8 Å². The summed E-state index contributed by atoms with van der Waals surface area (Å²) in [4.78, 5) is 23.8. The molecular weight excluding hydrogens is 318 g/mol. The van der Waals surface area contributed by atoms with E-state index in [1.54, 1.807) is 6.20 Å². The average molecular weight is 336 g/mol. The molecule has 20 heavy (non-hydrogen) atoms. The number of aromatic amines is 1. The van der Waals surface area contributed by atoms with Crippen molar-refractivity contribution in [3.8, 4) is 11.5 Å². The van der Waals surface area contributed by atoms with Crippen molar-refractivity contribution in [1.29, 1.82) is 0 Å². The van der Waals surface area contributed by atoms with Gasteiger partial charge in [-0.25, -0.2) is 4.98 Å². The summed E-state index contributed by atoms with van der Waals surface area (Å²) in [6.07, 6.45) is 3.33. The summed E-state index contributed by atoms with van der Waals surface area (Å²) in [6.45, 7) is 6.27. The van der Waals surface area contributed by atoms with E-state index in [1.165, 1.54) is 0 Å². The number of aromatic nitrogens is 3. The Morgan fingerprint density at radius 2 is 2.15 bits per heavy atom. The molecule has 0 radical (unpaired) electrons. The normalized spacial score (nSPS) is 11.1. The predicted octanol–water partition coefficient (Wildman–Crippen LogP) is 3.36. The van der Waals surface area contributed by atoms with Gasteiger partial charge in [-0.05, 0) is 46.3 Å². The van der Waals surface area contributed by atoms with Gasteiger partial charge in [-0.2, -0.15) is 0 Å². The summed E-state index contributed by atoms with van der Waals surface area (Å²) in [6, 6.07) is 3.90. The summed E-state index contributed by atoms with van der Waals surface area (Å²) in [5.74, 6) is 0.981. The van der Waals surface area contributed by atoms with Crippen molar-refractivity contribution in [2.24, 2.45) is 5.92 Å². The van der Waals surface area contributed by atoms with Gasteiger partial charge in [-0.1, -0.05) is 26.8 Å². The zero-order valence-electron chi connectivity index (χ0n) is 11.9. The second kappa shape index (κ2) is 6.31. The zero-order valence-corrected chi connectivity index (χ0v) is 13.5. The molecule has 0 spiro atoms. The molecule has 0 amide bonds. The van der Waals surface area contributed by atoms with Gasteiger partial charge in [0.2, 0.25) is 0 Å². The van der Waals surface area contributed by atoms with Crippen molar-refractivity contribution in [3.63, 3.8) is 0 Å². The van der Waals surface area contributed by atoms with Crippen LogP contribution in [0, 0.1) is 5.92 Å². The molecule has 2 rings (SSSR count). The largest absolute Gasteiger partial charge is 0.304 e. The van der Waals surface area contributed by atoms with Crippen LogP contribution in [0.2, 0.25) is 0 Å². The molecule has 0 fully saturated rings. The number of halogens is 1. The smallest absolute Gasteiger partial charge is 0.265 e. The quantitative estimate of drug-likeness (QED) is 0.931. The standard InChI is InChI=1S/C15H18BrN3O/c1-4-10-6-5-7-17-13(10)14-18-11(8-9(2)3)12(16)15(20)19-14/h5-7,9H,4,8H2,1-3H3,(H,18,19,20). The minimum Gasteiger partial charge on any atom is -0.304 e. The van der Waals surface area contributed by atoms with Crippen LogP contribution in [-0.4, -0.2) is 15.0 Å². The average Bonchev–Trinajstić information content (AvgIpc) is 2.43. The van der Waals surface area contributed by atoms with Crippen LogP contribution < -0.4 is 5.56 Å². The Labute approximate surface area is 126 Å². The molecule has 0 saturated heterocycles. The van der Waals surface area contributed by atoms with E-state index in [4.69, 9.17) is 0 Å². The number of pyridine rings is 1. The Morgan fingerprint density at radius 3 is 2.80 bits per heavy atom. The van der Waals surface area contributed by atoms with Crippen molar-refractivity contribution < 1.29 is 0 Å². The van der Waals surface area contributed by atoms with E-state index in [0.29, 0.717) is 16.2 Å². The van der Waals surface area contributed by atoms with E-state index in [9.17, 15) is 4.79 Å². The summed E-state index contributed by atoms with van der Waals surface area (Å²) in [5, 5.41) is 0. The fourth-order valence-corrected chi connectivity index (χ4v) is 2.43. The fourth-order valence-electron chi connectivity index (χ4n) is 2.08. The van der Waals surface area contributed by atoms with Crippen LogP contribution in [0.1, 0.15) is 32.0 Å². The molecule has 0 aliphatic rings. The molecule has 5 heteroatoms. The molecule has 2 heterocycles. The van der Waals surface area contributed by atoms with Gasteiger partial charge < -0.3 is 4.98 Å². The first-order valence-electron chi connectivity index (χ1n) is 6.75. The highest BCUT2D eigenvalue weighted by Crippen LogP contribution is 2.20. The number of rotatable bonds is 4. The number of H-pyrrole nitrogens is 1. The topological polar surface area (TPSA) is 58.6 Å². The molecule has 4 nitrogen and oxygen atoms in total. The van der Waals surface area contributed by atoms with Gasteiger partial charge in [0.05, 0.1) is 5.69 Å². The van der Waals surface area contributed by atoms with Crippen LogP contribution >= 0.6 is 15.9 Å². The molecule has 0 bridgehead atoms. The molecule has 1 N–H and O–H groups in total. The van der Waals surface area contributed by atoms with Gasteiger partial charge in [0.15, 0.2) is 5.82 Å². The highest BCUT2D eigenvalue weighted by atomic mass is 79.9. The number of hydrogen-bond acceptors (Lipinski definition) is 3.